The molecule has 8 heteroatoms. The molecule has 4 rings (SSSR count). The van der Waals surface area contributed by atoms with E-state index in [4.69, 9.17) is 9.47 Å². The van der Waals surface area contributed by atoms with Crippen LogP contribution in [-0.2, 0) is 20.7 Å². The number of esters is 1. The number of hydrogen-bond donors (Lipinski definition) is 0. The summed E-state index contributed by atoms with van der Waals surface area (Å²) in [7, 11) is 1.71. The fraction of sp³-hybridized carbons (Fsp3) is 0.577. The normalized spacial score (nSPS) is 17.2. The Labute approximate surface area is 207 Å². The van der Waals surface area contributed by atoms with Gasteiger partial charge in [-0.2, -0.15) is 0 Å². The molecule has 0 aliphatic carbocycles. The zero-order valence-corrected chi connectivity index (χ0v) is 21.4. The molecule has 7 nitrogen and oxygen atoms in total. The number of hydrogen-bond acceptors (Lipinski definition) is 8. The van der Waals surface area contributed by atoms with E-state index in [1.54, 1.807) is 31.3 Å². The van der Waals surface area contributed by atoms with Crippen LogP contribution in [0.4, 0.5) is 11.5 Å². The molecule has 0 spiro atoms. The van der Waals surface area contributed by atoms with Crippen molar-refractivity contribution in [3.63, 3.8) is 0 Å². The molecule has 184 valence electrons. The molecule has 2 aliphatic heterocycles. The van der Waals surface area contributed by atoms with Crippen molar-refractivity contribution in [3.05, 3.63) is 36.2 Å². The van der Waals surface area contributed by atoms with Crippen LogP contribution in [0.5, 0.6) is 0 Å². The molecule has 34 heavy (non-hydrogen) atoms. The third-order valence-corrected chi connectivity index (χ3v) is 7.85. The summed E-state index contributed by atoms with van der Waals surface area (Å²) in [5.74, 6) is 1.54. The molecule has 1 aromatic carbocycles. The van der Waals surface area contributed by atoms with Gasteiger partial charge in [-0.15, -0.1) is 0 Å². The predicted molar refractivity (Wildman–Crippen MR) is 135 cm³/mol. The highest BCUT2D eigenvalue weighted by molar-refractivity contribution is 7.99. The van der Waals surface area contributed by atoms with E-state index < -0.39 is 0 Å². The van der Waals surface area contributed by atoms with Crippen molar-refractivity contribution in [2.75, 3.05) is 45.0 Å². The Hall–Kier alpha value is -2.16. The Kier molecular flexibility index (Phi) is 8.80. The number of carbonyl (C=O) groups is 1. The second-order valence-corrected chi connectivity index (χ2v) is 10.2. The first-order chi connectivity index (χ1) is 16.6. The SMILES string of the molecule is CCOC(=O)C(C)CCC1CCN(CCc2ccc3c(c2)N(COC)c2nccnc2S3)CC1. The molecule has 2 aromatic rings. The third kappa shape index (κ3) is 6.09. The molecule has 0 amide bonds. The van der Waals surface area contributed by atoms with E-state index >= 15 is 0 Å². The highest BCUT2D eigenvalue weighted by Crippen LogP contribution is 2.46. The highest BCUT2D eigenvalue weighted by Gasteiger charge is 2.26. The van der Waals surface area contributed by atoms with Crippen LogP contribution in [0.15, 0.2) is 40.5 Å². The molecular formula is C26H36N4O3S. The van der Waals surface area contributed by atoms with Gasteiger partial charge in [-0.1, -0.05) is 24.8 Å². The van der Waals surface area contributed by atoms with E-state index in [1.807, 2.05) is 13.8 Å². The van der Waals surface area contributed by atoms with Crippen molar-refractivity contribution < 1.29 is 14.3 Å². The van der Waals surface area contributed by atoms with Gasteiger partial charge in [0.1, 0.15) is 11.8 Å². The summed E-state index contributed by atoms with van der Waals surface area (Å²) < 4.78 is 10.6. The molecule has 0 saturated carbocycles. The van der Waals surface area contributed by atoms with E-state index in [9.17, 15) is 4.79 Å². The zero-order valence-electron chi connectivity index (χ0n) is 20.5. The van der Waals surface area contributed by atoms with Crippen LogP contribution >= 0.6 is 11.8 Å². The summed E-state index contributed by atoms with van der Waals surface area (Å²) in [6, 6.07) is 6.72. The van der Waals surface area contributed by atoms with Crippen molar-refractivity contribution in [1.29, 1.82) is 0 Å². The summed E-state index contributed by atoms with van der Waals surface area (Å²) >= 11 is 1.67. The van der Waals surface area contributed by atoms with Crippen LogP contribution in [0.1, 0.15) is 45.1 Å². The van der Waals surface area contributed by atoms with Gasteiger partial charge in [0.05, 0.1) is 18.2 Å². The lowest BCUT2D eigenvalue weighted by Gasteiger charge is -2.33. The van der Waals surface area contributed by atoms with Crippen molar-refractivity contribution in [1.82, 2.24) is 14.9 Å². The standard InChI is InChI=1S/C26H36N4O3S/c1-4-33-26(31)19(2)5-6-20-9-14-29(15-10-20)16-11-21-7-8-23-22(17-21)30(18-32-3)24-25(34-23)28-13-12-27-24/h7-8,12-13,17,19-20H,4-6,9-11,14-16,18H2,1-3H3. The first-order valence-corrected chi connectivity index (χ1v) is 13.2. The van der Waals surface area contributed by atoms with Crippen LogP contribution in [0.3, 0.4) is 0 Å². The molecule has 0 radical (unpaired) electrons. The maximum atomic E-state index is 11.8. The smallest absolute Gasteiger partial charge is 0.308 e. The van der Waals surface area contributed by atoms with Gasteiger partial charge in [-0.05, 0) is 75.7 Å². The molecule has 0 N–H and O–H groups in total. The van der Waals surface area contributed by atoms with E-state index in [-0.39, 0.29) is 11.9 Å². The van der Waals surface area contributed by atoms with Gasteiger partial charge in [0.2, 0.25) is 0 Å². The van der Waals surface area contributed by atoms with E-state index in [1.165, 1.54) is 23.3 Å². The minimum Gasteiger partial charge on any atom is -0.466 e. The predicted octanol–water partition coefficient (Wildman–Crippen LogP) is 4.92. The molecule has 1 atom stereocenters. The number of ether oxygens (including phenoxy) is 2. The van der Waals surface area contributed by atoms with Crippen LogP contribution in [0.25, 0.3) is 0 Å². The van der Waals surface area contributed by atoms with Crippen LogP contribution < -0.4 is 4.90 Å². The Morgan fingerprint density at radius 2 is 2.03 bits per heavy atom. The van der Waals surface area contributed by atoms with Gasteiger partial charge in [-0.25, -0.2) is 9.97 Å². The maximum absolute atomic E-state index is 11.8. The van der Waals surface area contributed by atoms with Crippen molar-refractivity contribution in [3.8, 4) is 0 Å². The molecule has 1 fully saturated rings. The van der Waals surface area contributed by atoms with Crippen LogP contribution in [0.2, 0.25) is 0 Å². The quantitative estimate of drug-likeness (QED) is 0.441. The Bertz CT molecular complexity index is 965. The summed E-state index contributed by atoms with van der Waals surface area (Å²) in [5.41, 5.74) is 2.48. The van der Waals surface area contributed by atoms with Gasteiger partial charge in [0.15, 0.2) is 5.82 Å². The van der Waals surface area contributed by atoms with Gasteiger partial charge in [-0.3, -0.25) is 9.69 Å². The van der Waals surface area contributed by atoms with Crippen LogP contribution in [-0.4, -0.2) is 60.9 Å². The number of nitrogens with zero attached hydrogens (tertiary/aromatic N) is 4. The largest absolute Gasteiger partial charge is 0.466 e. The molecule has 3 heterocycles. The topological polar surface area (TPSA) is 67.8 Å². The average molecular weight is 485 g/mol. The number of methoxy groups -OCH3 is 1. The first-order valence-electron chi connectivity index (χ1n) is 12.4. The third-order valence-electron chi connectivity index (χ3n) is 6.80. The molecule has 0 bridgehead atoms. The fourth-order valence-electron chi connectivity index (χ4n) is 4.74. The average Bonchev–Trinajstić information content (AvgIpc) is 2.86. The Morgan fingerprint density at radius 3 is 2.79 bits per heavy atom. The number of likely N-dealkylation sites (tertiary alicyclic amines) is 1. The Balaban J connectivity index is 1.28. The number of rotatable bonds is 10. The van der Waals surface area contributed by atoms with Crippen molar-refractivity contribution in [2.45, 2.75) is 55.9 Å². The molecule has 1 saturated heterocycles. The number of piperidine rings is 1. The summed E-state index contributed by atoms with van der Waals surface area (Å²) in [5, 5.41) is 0.916. The van der Waals surface area contributed by atoms with E-state index in [2.05, 4.69) is 38.0 Å². The highest BCUT2D eigenvalue weighted by atomic mass is 32.2. The Morgan fingerprint density at radius 1 is 1.24 bits per heavy atom. The van der Waals surface area contributed by atoms with E-state index in [0.717, 1.165) is 61.3 Å². The number of aromatic nitrogens is 2. The van der Waals surface area contributed by atoms with Gasteiger partial charge < -0.3 is 14.4 Å². The summed E-state index contributed by atoms with van der Waals surface area (Å²) in [4.78, 5) is 26.8. The first kappa shape index (κ1) is 24.9. The summed E-state index contributed by atoms with van der Waals surface area (Å²) in [6.07, 6.45) is 8.98. The minimum atomic E-state index is -0.0528. The maximum Gasteiger partial charge on any atom is 0.308 e. The van der Waals surface area contributed by atoms with Crippen molar-refractivity contribution in [2.24, 2.45) is 11.8 Å². The number of fused-ring (bicyclic) bond motifs is 2. The van der Waals surface area contributed by atoms with Gasteiger partial charge >= 0.3 is 5.97 Å². The monoisotopic (exact) mass is 484 g/mol. The number of carbonyl (C=O) groups excluding carboxylic acids is 1. The minimum absolute atomic E-state index is 0.00997. The zero-order chi connectivity index (χ0) is 23.9. The molecule has 1 aromatic heterocycles. The second kappa shape index (κ2) is 12.0. The lowest BCUT2D eigenvalue weighted by Crippen LogP contribution is -2.35. The van der Waals surface area contributed by atoms with Gasteiger partial charge in [0.25, 0.3) is 0 Å². The summed E-state index contributed by atoms with van der Waals surface area (Å²) in [6.45, 7) is 8.12. The van der Waals surface area contributed by atoms with E-state index in [0.29, 0.717) is 13.3 Å². The van der Waals surface area contributed by atoms with Crippen LogP contribution in [0, 0.1) is 11.8 Å². The fourth-order valence-corrected chi connectivity index (χ4v) is 5.73. The number of benzene rings is 1. The lowest BCUT2D eigenvalue weighted by atomic mass is 9.89. The van der Waals surface area contributed by atoms with Gasteiger partial charge in [0, 0.05) is 30.9 Å². The second-order valence-electron chi connectivity index (χ2n) is 9.20. The lowest BCUT2D eigenvalue weighted by molar-refractivity contribution is -0.147. The van der Waals surface area contributed by atoms with Crippen molar-refractivity contribution >= 4 is 29.2 Å². The molecule has 2 aliphatic rings. The molecular weight excluding hydrogens is 448 g/mol. The number of anilines is 2. The molecule has 1 unspecified atom stereocenters.